The van der Waals surface area contributed by atoms with E-state index in [0.29, 0.717) is 12.1 Å². The summed E-state index contributed by atoms with van der Waals surface area (Å²) in [6.07, 6.45) is -9.48. The molecule has 0 amide bonds. The van der Waals surface area contributed by atoms with E-state index in [2.05, 4.69) is 0 Å². The van der Waals surface area contributed by atoms with E-state index in [1.54, 1.807) is 0 Å². The highest BCUT2D eigenvalue weighted by atomic mass is 19.4. The van der Waals surface area contributed by atoms with Gasteiger partial charge < -0.3 is 10.8 Å². The van der Waals surface area contributed by atoms with Crippen molar-refractivity contribution in [2.24, 2.45) is 5.73 Å². The monoisotopic (exact) mass is 301 g/mol. The zero-order valence-corrected chi connectivity index (χ0v) is 10.2. The predicted octanol–water partition coefficient (Wildman–Crippen LogP) is 3.50. The van der Waals surface area contributed by atoms with Crippen molar-refractivity contribution in [2.45, 2.75) is 31.2 Å². The van der Waals surface area contributed by atoms with Crippen LogP contribution in [0.2, 0.25) is 0 Å². The van der Waals surface area contributed by atoms with Gasteiger partial charge in [0.15, 0.2) is 0 Å². The van der Waals surface area contributed by atoms with Crippen molar-refractivity contribution in [1.82, 2.24) is 0 Å². The molecule has 0 bridgehead atoms. The van der Waals surface area contributed by atoms with Gasteiger partial charge in [-0.15, -0.1) is 0 Å². The summed E-state index contributed by atoms with van der Waals surface area (Å²) in [5.74, 6) is 0. The molecule has 20 heavy (non-hydrogen) atoms. The molecule has 3 N–H and O–H groups in total. The fraction of sp³-hybridized carbons (Fsp3) is 0.500. The fourth-order valence-electron chi connectivity index (χ4n) is 1.67. The van der Waals surface area contributed by atoms with Gasteiger partial charge in [0.2, 0.25) is 0 Å². The van der Waals surface area contributed by atoms with E-state index in [0.717, 1.165) is 0 Å². The van der Waals surface area contributed by atoms with Crippen molar-refractivity contribution in [3.63, 3.8) is 0 Å². The van der Waals surface area contributed by atoms with Crippen molar-refractivity contribution in [1.29, 1.82) is 0 Å². The Morgan fingerprint density at radius 2 is 1.40 bits per heavy atom. The number of benzene rings is 1. The minimum absolute atomic E-state index is 0.0578. The molecule has 0 aliphatic carbocycles. The van der Waals surface area contributed by atoms with Crippen LogP contribution in [0.1, 0.15) is 35.6 Å². The zero-order chi connectivity index (χ0) is 15.6. The van der Waals surface area contributed by atoms with Crippen molar-refractivity contribution in [3.8, 4) is 0 Å². The van der Waals surface area contributed by atoms with Gasteiger partial charge in [-0.3, -0.25) is 0 Å². The van der Waals surface area contributed by atoms with Crippen LogP contribution < -0.4 is 5.73 Å². The Kier molecular flexibility index (Phi) is 5.04. The number of aliphatic hydroxyl groups is 1. The molecule has 0 unspecified atom stereocenters. The summed E-state index contributed by atoms with van der Waals surface area (Å²) < 4.78 is 75.6. The van der Waals surface area contributed by atoms with Crippen molar-refractivity contribution >= 4 is 0 Å². The van der Waals surface area contributed by atoms with Gasteiger partial charge in [0.05, 0.1) is 11.1 Å². The number of hydrogen-bond acceptors (Lipinski definition) is 2. The molecule has 1 aromatic carbocycles. The number of rotatable bonds is 4. The Morgan fingerprint density at radius 1 is 0.950 bits per heavy atom. The number of alkyl halides is 6. The van der Waals surface area contributed by atoms with Gasteiger partial charge in [-0.05, 0) is 36.6 Å². The number of aliphatic hydroxyl groups excluding tert-OH is 1. The molecule has 1 aromatic rings. The Morgan fingerprint density at radius 3 is 1.75 bits per heavy atom. The van der Waals surface area contributed by atoms with Crippen LogP contribution in [-0.4, -0.2) is 11.7 Å². The molecular weight excluding hydrogens is 288 g/mol. The summed E-state index contributed by atoms with van der Waals surface area (Å²) >= 11 is 0. The molecule has 0 aromatic heterocycles. The number of halogens is 6. The number of nitrogens with two attached hydrogens (primary N) is 1. The lowest BCUT2D eigenvalue weighted by molar-refractivity contribution is -0.143. The lowest BCUT2D eigenvalue weighted by Gasteiger charge is -2.17. The highest BCUT2D eigenvalue weighted by molar-refractivity contribution is 5.35. The molecular formula is C12H13F6NO. The van der Waals surface area contributed by atoms with Crippen molar-refractivity contribution in [2.75, 3.05) is 6.61 Å². The third-order valence-electron chi connectivity index (χ3n) is 2.71. The summed E-state index contributed by atoms with van der Waals surface area (Å²) in [7, 11) is 0. The summed E-state index contributed by atoms with van der Waals surface area (Å²) in [4.78, 5) is 0. The molecule has 0 spiro atoms. The van der Waals surface area contributed by atoms with E-state index in [4.69, 9.17) is 10.8 Å². The second-order valence-electron chi connectivity index (χ2n) is 4.31. The maximum atomic E-state index is 12.6. The molecule has 0 aliphatic rings. The molecule has 1 atom stereocenters. The first kappa shape index (κ1) is 16.8. The third-order valence-corrected chi connectivity index (χ3v) is 2.71. The molecule has 114 valence electrons. The molecule has 1 rings (SSSR count). The van der Waals surface area contributed by atoms with Gasteiger partial charge in [-0.1, -0.05) is 0 Å². The molecule has 0 aliphatic heterocycles. The van der Waals surface area contributed by atoms with Gasteiger partial charge in [-0.2, -0.15) is 26.3 Å². The van der Waals surface area contributed by atoms with Crippen LogP contribution in [0, 0.1) is 0 Å². The molecule has 0 fully saturated rings. The molecule has 0 radical (unpaired) electrons. The summed E-state index contributed by atoms with van der Waals surface area (Å²) in [5.41, 5.74) is 2.54. The lowest BCUT2D eigenvalue weighted by Crippen LogP contribution is -2.16. The van der Waals surface area contributed by atoms with Crippen LogP contribution in [0.15, 0.2) is 18.2 Å². The van der Waals surface area contributed by atoms with Gasteiger partial charge in [0.1, 0.15) is 0 Å². The van der Waals surface area contributed by atoms with E-state index in [-0.39, 0.29) is 31.1 Å². The second-order valence-corrected chi connectivity index (χ2v) is 4.31. The van der Waals surface area contributed by atoms with E-state index in [1.807, 2.05) is 0 Å². The summed E-state index contributed by atoms with van der Waals surface area (Å²) in [5, 5.41) is 8.61. The van der Waals surface area contributed by atoms with Crippen LogP contribution in [0.5, 0.6) is 0 Å². The minimum atomic E-state index is -4.88. The first-order valence-corrected chi connectivity index (χ1v) is 5.71. The summed E-state index contributed by atoms with van der Waals surface area (Å²) in [6, 6.07) is 0.280. The largest absolute Gasteiger partial charge is 0.416 e. The Balaban J connectivity index is 3.24. The standard InChI is InChI=1S/C12H13F6NO/c13-11(14,15)8-4-7(10(19)2-1-3-20)5-9(6-8)12(16,17)18/h4-6,10,20H,1-3,19H2/t10-/m0/s1. The van der Waals surface area contributed by atoms with Gasteiger partial charge in [-0.25, -0.2) is 0 Å². The van der Waals surface area contributed by atoms with E-state index in [1.165, 1.54) is 0 Å². The number of hydrogen-bond donors (Lipinski definition) is 2. The van der Waals surface area contributed by atoms with Crippen LogP contribution in [-0.2, 0) is 12.4 Å². The quantitative estimate of drug-likeness (QED) is 0.836. The molecule has 0 saturated heterocycles. The van der Waals surface area contributed by atoms with E-state index >= 15 is 0 Å². The maximum absolute atomic E-state index is 12.6. The van der Waals surface area contributed by atoms with Crippen molar-refractivity contribution in [3.05, 3.63) is 34.9 Å². The van der Waals surface area contributed by atoms with Gasteiger partial charge in [0.25, 0.3) is 0 Å². The fourth-order valence-corrected chi connectivity index (χ4v) is 1.67. The van der Waals surface area contributed by atoms with Crippen LogP contribution >= 0.6 is 0 Å². The highest BCUT2D eigenvalue weighted by Crippen LogP contribution is 2.37. The van der Waals surface area contributed by atoms with Gasteiger partial charge >= 0.3 is 12.4 Å². The average molecular weight is 301 g/mol. The molecule has 2 nitrogen and oxygen atoms in total. The Labute approximate surface area is 111 Å². The first-order valence-electron chi connectivity index (χ1n) is 5.71. The van der Waals surface area contributed by atoms with Crippen LogP contribution in [0.25, 0.3) is 0 Å². The van der Waals surface area contributed by atoms with Crippen molar-refractivity contribution < 1.29 is 31.4 Å². The minimum Gasteiger partial charge on any atom is -0.396 e. The van der Waals surface area contributed by atoms with Crippen LogP contribution in [0.3, 0.4) is 0 Å². The SMILES string of the molecule is N[C@@H](CCCO)c1cc(C(F)(F)F)cc(C(F)(F)F)c1. The normalized spacial score (nSPS) is 14.4. The highest BCUT2D eigenvalue weighted by Gasteiger charge is 2.37. The topological polar surface area (TPSA) is 46.2 Å². The second kappa shape index (κ2) is 6.01. The molecule has 0 saturated carbocycles. The predicted molar refractivity (Wildman–Crippen MR) is 59.7 cm³/mol. The average Bonchev–Trinajstić information content (AvgIpc) is 2.33. The van der Waals surface area contributed by atoms with E-state index < -0.39 is 29.5 Å². The first-order chi connectivity index (χ1) is 9.05. The lowest BCUT2D eigenvalue weighted by atomic mass is 9.97. The van der Waals surface area contributed by atoms with Crippen LogP contribution in [0.4, 0.5) is 26.3 Å². The van der Waals surface area contributed by atoms with Gasteiger partial charge in [0, 0.05) is 12.6 Å². The molecule has 0 heterocycles. The molecule has 8 heteroatoms. The Hall–Kier alpha value is -1.28. The zero-order valence-electron chi connectivity index (χ0n) is 10.2. The maximum Gasteiger partial charge on any atom is 0.416 e. The Bertz CT molecular complexity index is 422. The third kappa shape index (κ3) is 4.38. The summed E-state index contributed by atoms with van der Waals surface area (Å²) in [6.45, 7) is -0.237. The van der Waals surface area contributed by atoms with E-state index in [9.17, 15) is 26.3 Å². The smallest absolute Gasteiger partial charge is 0.396 e.